The SMILES string of the molecule is C=C/C=C(\C=C)SCCC[N+](C)(C)Cc1cnc(C(c2ccccc2)C2CCCCC2)o1.O. The quantitative estimate of drug-likeness (QED) is 0.202. The Morgan fingerprint density at radius 3 is 2.58 bits per heavy atom. The summed E-state index contributed by atoms with van der Waals surface area (Å²) in [6.45, 7) is 9.60. The van der Waals surface area contributed by atoms with Crippen LogP contribution in [0.3, 0.4) is 0 Å². The predicted octanol–water partition coefficient (Wildman–Crippen LogP) is 6.52. The maximum Gasteiger partial charge on any atom is 0.202 e. The lowest BCUT2D eigenvalue weighted by Crippen LogP contribution is -2.39. The number of quaternary nitrogens is 1. The van der Waals surface area contributed by atoms with Crippen molar-refractivity contribution in [2.75, 3.05) is 26.4 Å². The molecule has 1 fully saturated rings. The summed E-state index contributed by atoms with van der Waals surface area (Å²) in [6, 6.07) is 10.8. The highest BCUT2D eigenvalue weighted by molar-refractivity contribution is 8.03. The molecule has 1 aliphatic rings. The standard InChI is InChI=1S/C28H39N2OS.H2O/c1-5-14-26(6-2)32-20-13-19-30(3,4)22-25-21-29-28(31-25)27(23-15-9-7-10-16-23)24-17-11-8-12-18-24;/h5-7,9-10,14-16,21,24,27H,1-2,8,11-13,17-20,22H2,3-4H3;1H2/q+1;/b26-14+;. The Morgan fingerprint density at radius 2 is 1.91 bits per heavy atom. The normalized spacial score (nSPS) is 16.1. The molecule has 180 valence electrons. The monoisotopic (exact) mass is 469 g/mol. The average molecular weight is 470 g/mol. The molecule has 1 atom stereocenters. The van der Waals surface area contributed by atoms with Gasteiger partial charge in [0.05, 0.1) is 32.8 Å². The Morgan fingerprint density at radius 1 is 1.18 bits per heavy atom. The van der Waals surface area contributed by atoms with E-state index in [1.54, 1.807) is 0 Å². The van der Waals surface area contributed by atoms with Crippen LogP contribution < -0.4 is 0 Å². The van der Waals surface area contributed by atoms with Crippen molar-refractivity contribution < 1.29 is 14.4 Å². The third kappa shape index (κ3) is 8.33. The van der Waals surface area contributed by atoms with E-state index >= 15 is 0 Å². The maximum absolute atomic E-state index is 6.42. The van der Waals surface area contributed by atoms with E-state index in [1.165, 1.54) is 42.6 Å². The van der Waals surface area contributed by atoms with Gasteiger partial charge in [0.2, 0.25) is 5.89 Å². The molecule has 0 aliphatic heterocycles. The number of hydrogen-bond acceptors (Lipinski definition) is 3. The summed E-state index contributed by atoms with van der Waals surface area (Å²) in [5.41, 5.74) is 1.34. The largest absolute Gasteiger partial charge is 0.439 e. The highest BCUT2D eigenvalue weighted by Gasteiger charge is 2.31. The summed E-state index contributed by atoms with van der Waals surface area (Å²) in [4.78, 5) is 5.98. The van der Waals surface area contributed by atoms with Gasteiger partial charge >= 0.3 is 0 Å². The van der Waals surface area contributed by atoms with Crippen LogP contribution in [0.5, 0.6) is 0 Å². The summed E-state index contributed by atoms with van der Waals surface area (Å²) in [6.07, 6.45) is 15.4. The van der Waals surface area contributed by atoms with E-state index in [2.05, 4.69) is 57.6 Å². The van der Waals surface area contributed by atoms with Crippen LogP contribution in [-0.4, -0.2) is 41.3 Å². The molecule has 0 spiro atoms. The second-order valence-electron chi connectivity index (χ2n) is 9.48. The van der Waals surface area contributed by atoms with Crippen molar-refractivity contribution in [1.82, 2.24) is 4.98 Å². The van der Waals surface area contributed by atoms with Crippen molar-refractivity contribution in [2.24, 2.45) is 5.92 Å². The van der Waals surface area contributed by atoms with E-state index < -0.39 is 0 Å². The molecule has 33 heavy (non-hydrogen) atoms. The number of aromatic nitrogens is 1. The van der Waals surface area contributed by atoms with Crippen molar-refractivity contribution in [1.29, 1.82) is 0 Å². The summed E-state index contributed by atoms with van der Waals surface area (Å²) in [7, 11) is 4.55. The molecule has 2 aromatic rings. The van der Waals surface area contributed by atoms with Gasteiger partial charge in [0.1, 0.15) is 6.54 Å². The van der Waals surface area contributed by atoms with Crippen molar-refractivity contribution >= 4 is 11.8 Å². The lowest BCUT2D eigenvalue weighted by Gasteiger charge is -2.29. The fourth-order valence-corrected chi connectivity index (χ4v) is 5.58. The van der Waals surface area contributed by atoms with Crippen LogP contribution in [0.4, 0.5) is 0 Å². The average Bonchev–Trinajstić information content (AvgIpc) is 3.24. The van der Waals surface area contributed by atoms with E-state index in [1.807, 2.05) is 36.2 Å². The van der Waals surface area contributed by atoms with Crippen molar-refractivity contribution in [3.8, 4) is 0 Å². The van der Waals surface area contributed by atoms with Gasteiger partial charge in [0.25, 0.3) is 0 Å². The first kappa shape index (κ1) is 27.2. The van der Waals surface area contributed by atoms with Crippen LogP contribution in [0.15, 0.2) is 77.2 Å². The number of thioether (sulfide) groups is 1. The second kappa shape index (κ2) is 13.6. The molecule has 3 rings (SSSR count). The number of nitrogens with zero attached hydrogens (tertiary/aromatic N) is 2. The topological polar surface area (TPSA) is 57.5 Å². The molecule has 4 nitrogen and oxygen atoms in total. The third-order valence-corrected chi connectivity index (χ3v) is 7.49. The summed E-state index contributed by atoms with van der Waals surface area (Å²) in [5, 5.41) is 0. The first-order valence-electron chi connectivity index (χ1n) is 11.9. The van der Waals surface area contributed by atoms with Gasteiger partial charge in [-0.15, -0.1) is 11.8 Å². The maximum atomic E-state index is 6.42. The van der Waals surface area contributed by atoms with Gasteiger partial charge in [-0.25, -0.2) is 4.98 Å². The molecule has 0 bridgehead atoms. The molecular formula is C28H41N2O2S+. The van der Waals surface area contributed by atoms with Crippen LogP contribution >= 0.6 is 11.8 Å². The fraction of sp³-hybridized carbons (Fsp3) is 0.464. The number of oxazole rings is 1. The molecule has 1 heterocycles. The first-order chi connectivity index (χ1) is 15.5. The zero-order valence-corrected chi connectivity index (χ0v) is 21.2. The molecule has 1 aliphatic carbocycles. The van der Waals surface area contributed by atoms with Crippen molar-refractivity contribution in [3.63, 3.8) is 0 Å². The number of hydrogen-bond donors (Lipinski definition) is 0. The van der Waals surface area contributed by atoms with E-state index in [4.69, 9.17) is 9.40 Å². The minimum absolute atomic E-state index is 0. The summed E-state index contributed by atoms with van der Waals surface area (Å²) >= 11 is 1.84. The number of allylic oxidation sites excluding steroid dienone is 3. The van der Waals surface area contributed by atoms with E-state index in [0.717, 1.165) is 41.4 Å². The minimum atomic E-state index is 0. The van der Waals surface area contributed by atoms with Crippen LogP contribution in [0.2, 0.25) is 0 Å². The fourth-order valence-electron chi connectivity index (χ4n) is 4.76. The van der Waals surface area contributed by atoms with Crippen LogP contribution in [0.25, 0.3) is 0 Å². The molecule has 0 radical (unpaired) electrons. The lowest BCUT2D eigenvalue weighted by molar-refractivity contribution is -0.904. The van der Waals surface area contributed by atoms with Gasteiger partial charge in [0, 0.05) is 17.1 Å². The Kier molecular flexibility index (Phi) is 11.2. The van der Waals surface area contributed by atoms with Gasteiger partial charge < -0.3 is 14.4 Å². The lowest BCUT2D eigenvalue weighted by atomic mass is 9.77. The second-order valence-corrected chi connectivity index (χ2v) is 10.6. The van der Waals surface area contributed by atoms with Gasteiger partial charge in [-0.1, -0.05) is 74.9 Å². The molecule has 1 aromatic carbocycles. The minimum Gasteiger partial charge on any atom is -0.439 e. The molecule has 2 N–H and O–H groups in total. The van der Waals surface area contributed by atoms with Crippen LogP contribution in [-0.2, 0) is 6.54 Å². The Hall–Kier alpha value is -2.08. The highest BCUT2D eigenvalue weighted by Crippen LogP contribution is 2.40. The van der Waals surface area contributed by atoms with E-state index in [-0.39, 0.29) is 11.4 Å². The van der Waals surface area contributed by atoms with E-state index in [0.29, 0.717) is 5.92 Å². The van der Waals surface area contributed by atoms with Gasteiger partial charge in [0.15, 0.2) is 5.76 Å². The molecule has 1 unspecified atom stereocenters. The molecule has 0 amide bonds. The van der Waals surface area contributed by atoms with E-state index in [9.17, 15) is 0 Å². The molecule has 0 saturated heterocycles. The molecule has 1 aromatic heterocycles. The number of benzene rings is 1. The van der Waals surface area contributed by atoms with Crippen molar-refractivity contribution in [3.05, 3.63) is 90.0 Å². The summed E-state index contributed by atoms with van der Waals surface area (Å²) in [5.74, 6) is 3.87. The third-order valence-electron chi connectivity index (χ3n) is 6.36. The Bertz CT molecular complexity index is 882. The molecular weight excluding hydrogens is 428 g/mol. The van der Waals surface area contributed by atoms with Gasteiger partial charge in [-0.05, 0) is 30.4 Å². The molecule has 5 heteroatoms. The van der Waals surface area contributed by atoms with Crippen LogP contribution in [0.1, 0.15) is 61.7 Å². The zero-order valence-electron chi connectivity index (χ0n) is 20.3. The zero-order chi connectivity index (χ0) is 22.8. The molecule has 1 saturated carbocycles. The first-order valence-corrected chi connectivity index (χ1v) is 12.9. The van der Waals surface area contributed by atoms with Gasteiger partial charge in [-0.2, -0.15) is 0 Å². The van der Waals surface area contributed by atoms with Crippen molar-refractivity contribution in [2.45, 2.75) is 51.0 Å². The number of rotatable bonds is 12. The van der Waals surface area contributed by atoms with Gasteiger partial charge in [-0.3, -0.25) is 0 Å². The predicted molar refractivity (Wildman–Crippen MR) is 141 cm³/mol. The smallest absolute Gasteiger partial charge is 0.202 e. The Labute approximate surface area is 204 Å². The Balaban J connectivity index is 0.00000385. The van der Waals surface area contributed by atoms with Crippen LogP contribution in [0, 0.1) is 5.92 Å². The highest BCUT2D eigenvalue weighted by atomic mass is 32.2. The summed E-state index contributed by atoms with van der Waals surface area (Å²) < 4.78 is 7.31.